The molecule has 2 amide bonds. The molecule has 0 aromatic heterocycles. The summed E-state index contributed by atoms with van der Waals surface area (Å²) in [5, 5.41) is 0. The van der Waals surface area contributed by atoms with E-state index in [1.54, 1.807) is 7.11 Å². The van der Waals surface area contributed by atoms with Gasteiger partial charge < -0.3 is 4.74 Å². The maximum atomic E-state index is 15.0. The molecule has 4 nitrogen and oxygen atoms in total. The highest BCUT2D eigenvalue weighted by molar-refractivity contribution is 6.12. The largest absolute Gasteiger partial charge is 0.501 e. The fourth-order valence-corrected chi connectivity index (χ4v) is 7.55. The van der Waals surface area contributed by atoms with Crippen LogP contribution in [0.25, 0.3) is 0 Å². The van der Waals surface area contributed by atoms with E-state index in [-0.39, 0.29) is 17.7 Å². The predicted molar refractivity (Wildman–Crippen MR) is 163 cm³/mol. The third-order valence-electron chi connectivity index (χ3n) is 9.17. The average molecular weight is 550 g/mol. The quantitative estimate of drug-likeness (QED) is 0.244. The summed E-state index contributed by atoms with van der Waals surface area (Å²) in [7, 11) is 1.67. The molecule has 0 saturated heterocycles. The maximum absolute atomic E-state index is 15.0. The highest BCUT2D eigenvalue weighted by Gasteiger charge is 2.66. The lowest BCUT2D eigenvalue weighted by atomic mass is 9.50. The molecule has 0 N–H and O–H groups in total. The smallest absolute Gasteiger partial charge is 0.257 e. The van der Waals surface area contributed by atoms with Crippen LogP contribution in [0.1, 0.15) is 35.1 Å². The van der Waals surface area contributed by atoms with Gasteiger partial charge in [0, 0.05) is 5.57 Å². The molecule has 2 unspecified atom stereocenters. The second-order valence-corrected chi connectivity index (χ2v) is 11.2. The molecular weight excluding hydrogens is 518 g/mol. The molecule has 1 heterocycles. The first-order valence-corrected chi connectivity index (χ1v) is 14.3. The number of rotatable bonds is 6. The molecule has 4 heteroatoms. The minimum absolute atomic E-state index is 0.193. The monoisotopic (exact) mass is 549 g/mol. The van der Waals surface area contributed by atoms with Crippen LogP contribution in [0.4, 0.5) is 0 Å². The normalized spacial score (nSPS) is 21.9. The Bertz CT molecular complexity index is 1680. The molecule has 42 heavy (non-hydrogen) atoms. The summed E-state index contributed by atoms with van der Waals surface area (Å²) < 4.78 is 6.09. The van der Waals surface area contributed by atoms with Crippen molar-refractivity contribution in [2.45, 2.75) is 23.8 Å². The number of amides is 2. The molecule has 0 fully saturated rings. The van der Waals surface area contributed by atoms with Crippen LogP contribution in [0.15, 0.2) is 156 Å². The molecule has 4 aromatic rings. The van der Waals surface area contributed by atoms with E-state index in [4.69, 9.17) is 4.74 Å². The van der Waals surface area contributed by atoms with Crippen molar-refractivity contribution in [3.05, 3.63) is 179 Å². The standard InChI is InChI=1S/C38H31NO3/c1-26-34-37(39(35(26)40)36(41)33(27-15-7-3-8-16-27)28-17-9-4-10-18-28)24-23-31(32(25-37)42-2)38(34,29-19-11-5-12-20-29)30-21-13-6-14-22-30/h3-25,31,33H,1-2H3. The van der Waals surface area contributed by atoms with Crippen molar-refractivity contribution in [2.75, 3.05) is 7.11 Å². The number of carbonyl (C=O) groups excluding carboxylic acids is 2. The third kappa shape index (κ3) is 3.48. The first-order valence-electron chi connectivity index (χ1n) is 14.3. The minimum Gasteiger partial charge on any atom is -0.501 e. The lowest BCUT2D eigenvalue weighted by molar-refractivity contribution is -0.144. The molecule has 4 aromatic carbocycles. The lowest BCUT2D eigenvalue weighted by Crippen LogP contribution is -2.60. The molecule has 1 spiro atoms. The summed E-state index contributed by atoms with van der Waals surface area (Å²) in [6.45, 7) is 1.88. The second-order valence-electron chi connectivity index (χ2n) is 11.2. The van der Waals surface area contributed by atoms with Crippen molar-refractivity contribution in [1.82, 2.24) is 4.90 Å². The number of nitrogens with zero attached hydrogens (tertiary/aromatic N) is 1. The molecule has 0 saturated carbocycles. The SMILES string of the molecule is COC1=CC23C=CC1C(c1ccccc1)(c1ccccc1)C2=C(C)C(=O)N3C(=O)C(c1ccccc1)c1ccccc1. The Morgan fingerprint density at radius 1 is 0.762 bits per heavy atom. The van der Waals surface area contributed by atoms with Crippen LogP contribution in [0, 0.1) is 5.92 Å². The van der Waals surface area contributed by atoms with Gasteiger partial charge in [0.15, 0.2) is 0 Å². The molecule has 3 aliphatic carbocycles. The molecule has 4 aliphatic rings. The Hall–Kier alpha value is -4.96. The fourth-order valence-electron chi connectivity index (χ4n) is 7.55. The van der Waals surface area contributed by atoms with E-state index in [1.807, 2.05) is 116 Å². The molecular formula is C38H31NO3. The molecule has 8 rings (SSSR count). The number of hydrogen-bond acceptors (Lipinski definition) is 3. The van der Waals surface area contributed by atoms with Crippen molar-refractivity contribution >= 4 is 11.8 Å². The molecule has 1 aliphatic heterocycles. The van der Waals surface area contributed by atoms with E-state index in [0.717, 1.165) is 33.6 Å². The van der Waals surface area contributed by atoms with Crippen molar-refractivity contribution < 1.29 is 14.3 Å². The van der Waals surface area contributed by atoms with Crippen molar-refractivity contribution in [3.8, 4) is 0 Å². The summed E-state index contributed by atoms with van der Waals surface area (Å²) >= 11 is 0. The third-order valence-corrected chi connectivity index (χ3v) is 9.17. The molecule has 2 bridgehead atoms. The van der Waals surface area contributed by atoms with Crippen molar-refractivity contribution in [2.24, 2.45) is 5.92 Å². The van der Waals surface area contributed by atoms with E-state index in [9.17, 15) is 9.59 Å². The summed E-state index contributed by atoms with van der Waals surface area (Å²) in [5.74, 6) is -0.653. The highest BCUT2D eigenvalue weighted by Crippen LogP contribution is 2.63. The number of benzene rings is 4. The van der Waals surface area contributed by atoms with Crippen LogP contribution in [0.5, 0.6) is 0 Å². The van der Waals surface area contributed by atoms with E-state index in [2.05, 4.69) is 30.3 Å². The average Bonchev–Trinajstić information content (AvgIpc) is 3.28. The Kier molecular flexibility index (Phi) is 6.09. The first kappa shape index (κ1) is 26.0. The zero-order valence-electron chi connectivity index (χ0n) is 23.6. The summed E-state index contributed by atoms with van der Waals surface area (Å²) in [6.07, 6.45) is 6.17. The van der Waals surface area contributed by atoms with Gasteiger partial charge in [0.2, 0.25) is 5.91 Å². The molecule has 206 valence electrons. The number of allylic oxidation sites excluding steroid dienone is 1. The molecule has 2 atom stereocenters. The van der Waals surface area contributed by atoms with Gasteiger partial charge in [0.1, 0.15) is 11.3 Å². The van der Waals surface area contributed by atoms with Crippen LogP contribution >= 0.6 is 0 Å². The van der Waals surface area contributed by atoms with Gasteiger partial charge in [-0.25, -0.2) is 0 Å². The van der Waals surface area contributed by atoms with Crippen LogP contribution in [-0.4, -0.2) is 29.4 Å². The highest BCUT2D eigenvalue weighted by atomic mass is 16.5. The topological polar surface area (TPSA) is 46.6 Å². The zero-order chi connectivity index (χ0) is 28.9. The number of carbonyl (C=O) groups is 2. The minimum atomic E-state index is -1.12. The Morgan fingerprint density at radius 3 is 1.71 bits per heavy atom. The predicted octanol–water partition coefficient (Wildman–Crippen LogP) is 6.96. The number of imide groups is 1. The second kappa shape index (κ2) is 9.85. The summed E-state index contributed by atoms with van der Waals surface area (Å²) in [6, 6.07) is 40.0. The van der Waals surface area contributed by atoms with E-state index >= 15 is 0 Å². The van der Waals surface area contributed by atoms with Gasteiger partial charge in [-0.3, -0.25) is 14.5 Å². The Labute approximate surface area is 246 Å². The number of ether oxygens (including phenoxy) is 1. The lowest BCUT2D eigenvalue weighted by Gasteiger charge is -2.55. The van der Waals surface area contributed by atoms with Gasteiger partial charge in [-0.1, -0.05) is 133 Å². The fraction of sp³-hybridized carbons (Fsp3) is 0.158. The van der Waals surface area contributed by atoms with Crippen LogP contribution < -0.4 is 0 Å². The molecule has 0 radical (unpaired) electrons. The summed E-state index contributed by atoms with van der Waals surface area (Å²) in [4.78, 5) is 31.0. The van der Waals surface area contributed by atoms with Crippen LogP contribution in [-0.2, 0) is 19.7 Å². The van der Waals surface area contributed by atoms with Crippen LogP contribution in [0.3, 0.4) is 0 Å². The Morgan fingerprint density at radius 2 is 1.24 bits per heavy atom. The van der Waals surface area contributed by atoms with Gasteiger partial charge in [-0.05, 0) is 40.8 Å². The van der Waals surface area contributed by atoms with Gasteiger partial charge in [0.25, 0.3) is 5.91 Å². The van der Waals surface area contributed by atoms with E-state index in [0.29, 0.717) is 5.57 Å². The van der Waals surface area contributed by atoms with E-state index < -0.39 is 16.9 Å². The number of methoxy groups -OCH3 is 1. The van der Waals surface area contributed by atoms with E-state index in [1.165, 1.54) is 4.90 Å². The van der Waals surface area contributed by atoms with Crippen molar-refractivity contribution in [1.29, 1.82) is 0 Å². The van der Waals surface area contributed by atoms with Gasteiger partial charge in [-0.15, -0.1) is 0 Å². The van der Waals surface area contributed by atoms with Crippen LogP contribution in [0.2, 0.25) is 0 Å². The number of hydrogen-bond donors (Lipinski definition) is 0. The first-order chi connectivity index (χ1) is 20.5. The van der Waals surface area contributed by atoms with Gasteiger partial charge >= 0.3 is 0 Å². The zero-order valence-corrected chi connectivity index (χ0v) is 23.6. The van der Waals surface area contributed by atoms with Gasteiger partial charge in [0.05, 0.1) is 24.4 Å². The maximum Gasteiger partial charge on any atom is 0.257 e. The van der Waals surface area contributed by atoms with Crippen molar-refractivity contribution in [3.63, 3.8) is 0 Å². The van der Waals surface area contributed by atoms with Gasteiger partial charge in [-0.2, -0.15) is 0 Å². The summed E-state index contributed by atoms with van der Waals surface area (Å²) in [5.41, 5.74) is 3.42. The Balaban J connectivity index is 1.50.